The van der Waals surface area contributed by atoms with Crippen molar-refractivity contribution in [2.75, 3.05) is 32.7 Å². The molecule has 1 saturated heterocycles. The second kappa shape index (κ2) is 8.65. The molecule has 7 nitrogen and oxygen atoms in total. The molecule has 0 radical (unpaired) electrons. The SMILES string of the molecule is Cc1ccc(C(C)NCC(=O)N2CCN(S(=O)(=O)c3ccc(Cl)cc3)CC2)o1. The van der Waals surface area contributed by atoms with Crippen molar-refractivity contribution in [2.24, 2.45) is 0 Å². The van der Waals surface area contributed by atoms with Crippen LogP contribution in [0, 0.1) is 6.92 Å². The van der Waals surface area contributed by atoms with Crippen molar-refractivity contribution >= 4 is 27.5 Å². The summed E-state index contributed by atoms with van der Waals surface area (Å²) in [6.45, 7) is 5.24. The summed E-state index contributed by atoms with van der Waals surface area (Å²) < 4.78 is 32.4. The summed E-state index contributed by atoms with van der Waals surface area (Å²) >= 11 is 5.83. The molecule has 1 aliphatic heterocycles. The van der Waals surface area contributed by atoms with E-state index in [-0.39, 0.29) is 36.5 Å². The Balaban J connectivity index is 1.51. The number of nitrogens with one attached hydrogen (secondary N) is 1. The van der Waals surface area contributed by atoms with E-state index in [0.717, 1.165) is 11.5 Å². The molecule has 9 heteroatoms. The van der Waals surface area contributed by atoms with Crippen molar-refractivity contribution in [3.63, 3.8) is 0 Å². The van der Waals surface area contributed by atoms with Crippen LogP contribution in [-0.4, -0.2) is 56.3 Å². The molecule has 3 rings (SSSR count). The van der Waals surface area contributed by atoms with Crippen LogP contribution in [0.5, 0.6) is 0 Å². The molecule has 1 aromatic carbocycles. The normalized spacial score (nSPS) is 16.9. The summed E-state index contributed by atoms with van der Waals surface area (Å²) in [6, 6.07) is 9.80. The molecule has 2 heterocycles. The first-order valence-corrected chi connectivity index (χ1v) is 10.9. The molecule has 1 N–H and O–H groups in total. The zero-order valence-corrected chi connectivity index (χ0v) is 17.5. The molecule has 0 saturated carbocycles. The molecule has 152 valence electrons. The number of halogens is 1. The number of hydrogen-bond acceptors (Lipinski definition) is 5. The summed E-state index contributed by atoms with van der Waals surface area (Å²) in [5.41, 5.74) is 0. The highest BCUT2D eigenvalue weighted by Gasteiger charge is 2.30. The minimum atomic E-state index is -3.58. The Morgan fingerprint density at radius 3 is 2.36 bits per heavy atom. The van der Waals surface area contributed by atoms with Crippen molar-refractivity contribution in [1.29, 1.82) is 0 Å². The molecule has 28 heavy (non-hydrogen) atoms. The molecule has 1 aliphatic rings. The molecule has 0 spiro atoms. The van der Waals surface area contributed by atoms with E-state index >= 15 is 0 Å². The number of piperazine rings is 1. The average Bonchev–Trinajstić information content (AvgIpc) is 3.13. The van der Waals surface area contributed by atoms with Crippen LogP contribution in [0.4, 0.5) is 0 Å². The average molecular weight is 426 g/mol. The number of amides is 1. The van der Waals surface area contributed by atoms with Gasteiger partial charge in [0.2, 0.25) is 15.9 Å². The third-order valence-corrected chi connectivity index (χ3v) is 6.95. The lowest BCUT2D eigenvalue weighted by Gasteiger charge is -2.34. The van der Waals surface area contributed by atoms with E-state index in [1.165, 1.54) is 16.4 Å². The van der Waals surface area contributed by atoms with E-state index in [9.17, 15) is 13.2 Å². The molecular weight excluding hydrogens is 402 g/mol. The maximum atomic E-state index is 12.7. The van der Waals surface area contributed by atoms with Crippen LogP contribution in [0.3, 0.4) is 0 Å². The number of furan rings is 1. The third kappa shape index (κ3) is 4.75. The summed E-state index contributed by atoms with van der Waals surface area (Å²) in [4.78, 5) is 14.3. The highest BCUT2D eigenvalue weighted by Crippen LogP contribution is 2.20. The Kier molecular flexibility index (Phi) is 6.44. The van der Waals surface area contributed by atoms with E-state index < -0.39 is 10.0 Å². The van der Waals surface area contributed by atoms with Crippen LogP contribution >= 0.6 is 11.6 Å². The lowest BCUT2D eigenvalue weighted by Crippen LogP contribution is -2.52. The highest BCUT2D eigenvalue weighted by atomic mass is 35.5. The van der Waals surface area contributed by atoms with Crippen LogP contribution in [0.1, 0.15) is 24.5 Å². The molecule has 0 aliphatic carbocycles. The van der Waals surface area contributed by atoms with Gasteiger partial charge in [-0.05, 0) is 50.2 Å². The van der Waals surface area contributed by atoms with Crippen LogP contribution in [-0.2, 0) is 14.8 Å². The highest BCUT2D eigenvalue weighted by molar-refractivity contribution is 7.89. The largest absolute Gasteiger partial charge is 0.465 e. The van der Waals surface area contributed by atoms with E-state index in [0.29, 0.717) is 18.1 Å². The second-order valence-electron chi connectivity index (χ2n) is 6.79. The maximum Gasteiger partial charge on any atom is 0.243 e. The van der Waals surface area contributed by atoms with Gasteiger partial charge in [-0.15, -0.1) is 0 Å². The number of aryl methyl sites for hydroxylation is 1. The Hall–Kier alpha value is -1.87. The van der Waals surface area contributed by atoms with Crippen molar-refractivity contribution in [3.05, 3.63) is 52.9 Å². The maximum absolute atomic E-state index is 12.7. The zero-order valence-electron chi connectivity index (χ0n) is 15.9. The van der Waals surface area contributed by atoms with Gasteiger partial charge < -0.3 is 9.32 Å². The van der Waals surface area contributed by atoms with Crippen molar-refractivity contribution < 1.29 is 17.6 Å². The monoisotopic (exact) mass is 425 g/mol. The molecular formula is C19H24ClN3O4S. The lowest BCUT2D eigenvalue weighted by molar-refractivity contribution is -0.131. The fourth-order valence-corrected chi connectivity index (χ4v) is 4.62. The summed E-state index contributed by atoms with van der Waals surface area (Å²) in [6.07, 6.45) is 0. The molecule has 1 atom stereocenters. The van der Waals surface area contributed by atoms with Gasteiger partial charge in [-0.25, -0.2) is 8.42 Å². The topological polar surface area (TPSA) is 82.9 Å². The minimum absolute atomic E-state index is 0.0568. The van der Waals surface area contributed by atoms with Crippen molar-refractivity contribution in [1.82, 2.24) is 14.5 Å². The standard InChI is InChI=1S/C19H24ClN3O4S/c1-14-3-8-18(27-14)15(2)21-13-19(24)22-9-11-23(12-10-22)28(25,26)17-6-4-16(20)5-7-17/h3-8,15,21H,9-13H2,1-2H3. The number of nitrogens with zero attached hydrogens (tertiary/aromatic N) is 2. The van der Waals surface area contributed by atoms with E-state index in [4.69, 9.17) is 16.0 Å². The predicted octanol–water partition coefficient (Wildman–Crippen LogP) is 2.43. The van der Waals surface area contributed by atoms with Crippen LogP contribution < -0.4 is 5.32 Å². The lowest BCUT2D eigenvalue weighted by atomic mass is 10.2. The van der Waals surface area contributed by atoms with Gasteiger partial charge in [0.1, 0.15) is 11.5 Å². The number of hydrogen-bond donors (Lipinski definition) is 1. The van der Waals surface area contributed by atoms with E-state index in [2.05, 4.69) is 5.32 Å². The van der Waals surface area contributed by atoms with Gasteiger partial charge >= 0.3 is 0 Å². The van der Waals surface area contributed by atoms with Crippen LogP contribution in [0.15, 0.2) is 45.7 Å². The zero-order chi connectivity index (χ0) is 20.3. The van der Waals surface area contributed by atoms with Gasteiger partial charge in [-0.1, -0.05) is 11.6 Å². The first-order chi connectivity index (χ1) is 13.3. The molecule has 1 amide bonds. The Morgan fingerprint density at radius 2 is 1.79 bits per heavy atom. The quantitative estimate of drug-likeness (QED) is 0.768. The van der Waals surface area contributed by atoms with E-state index in [1.807, 2.05) is 26.0 Å². The molecule has 1 unspecified atom stereocenters. The van der Waals surface area contributed by atoms with E-state index in [1.54, 1.807) is 17.0 Å². The van der Waals surface area contributed by atoms with Gasteiger partial charge in [0.05, 0.1) is 17.5 Å². The number of sulfonamides is 1. The fraction of sp³-hybridized carbons (Fsp3) is 0.421. The molecule has 1 aromatic heterocycles. The Bertz CT molecular complexity index is 919. The first-order valence-electron chi connectivity index (χ1n) is 9.10. The smallest absolute Gasteiger partial charge is 0.243 e. The number of benzene rings is 1. The van der Waals surface area contributed by atoms with Crippen LogP contribution in [0.25, 0.3) is 0 Å². The first kappa shape index (κ1) is 20.9. The summed E-state index contributed by atoms with van der Waals surface area (Å²) in [7, 11) is -3.58. The summed E-state index contributed by atoms with van der Waals surface area (Å²) in [5.74, 6) is 1.55. The van der Waals surface area contributed by atoms with Gasteiger partial charge in [-0.2, -0.15) is 4.31 Å². The van der Waals surface area contributed by atoms with Crippen molar-refractivity contribution in [3.8, 4) is 0 Å². The minimum Gasteiger partial charge on any atom is -0.465 e. The second-order valence-corrected chi connectivity index (χ2v) is 9.16. The summed E-state index contributed by atoms with van der Waals surface area (Å²) in [5, 5.41) is 3.64. The van der Waals surface area contributed by atoms with Crippen molar-refractivity contribution in [2.45, 2.75) is 24.8 Å². The Labute approximate surface area is 170 Å². The number of carbonyl (C=O) groups is 1. The molecule has 0 bridgehead atoms. The van der Waals surface area contributed by atoms with Gasteiger partial charge in [0.15, 0.2) is 0 Å². The molecule has 1 fully saturated rings. The number of carbonyl (C=O) groups excluding carboxylic acids is 1. The van der Waals surface area contributed by atoms with Crippen LogP contribution in [0.2, 0.25) is 5.02 Å². The van der Waals surface area contributed by atoms with Gasteiger partial charge in [0, 0.05) is 31.2 Å². The molecule has 2 aromatic rings. The van der Waals surface area contributed by atoms with Gasteiger partial charge in [0.25, 0.3) is 0 Å². The predicted molar refractivity (Wildman–Crippen MR) is 107 cm³/mol. The third-order valence-electron chi connectivity index (χ3n) is 4.79. The van der Waals surface area contributed by atoms with Gasteiger partial charge in [-0.3, -0.25) is 10.1 Å². The Morgan fingerprint density at radius 1 is 1.14 bits per heavy atom. The number of rotatable bonds is 6. The fourth-order valence-electron chi connectivity index (χ4n) is 3.07.